The van der Waals surface area contributed by atoms with Gasteiger partial charge in [-0.1, -0.05) is 44.2 Å². The number of fused-ring (bicyclic) bond motifs is 1. The lowest BCUT2D eigenvalue weighted by Crippen LogP contribution is -2.38. The molecule has 0 radical (unpaired) electrons. The SMILES string of the molecule is CC(C)c1cc(N2CCOC(c3ccccc3)C2)c2nncn2n1. The predicted octanol–water partition coefficient (Wildman–Crippen LogP) is 2.83. The number of rotatable bonds is 3. The summed E-state index contributed by atoms with van der Waals surface area (Å²) in [6, 6.07) is 12.5. The molecule has 3 heterocycles. The van der Waals surface area contributed by atoms with Crippen LogP contribution in [0.15, 0.2) is 42.7 Å². The van der Waals surface area contributed by atoms with Gasteiger partial charge in [-0.15, -0.1) is 10.2 Å². The van der Waals surface area contributed by atoms with E-state index in [1.54, 1.807) is 10.8 Å². The Morgan fingerprint density at radius 1 is 1.21 bits per heavy atom. The molecule has 0 saturated carbocycles. The van der Waals surface area contributed by atoms with Crippen LogP contribution < -0.4 is 4.90 Å². The number of benzene rings is 1. The number of hydrogen-bond acceptors (Lipinski definition) is 5. The molecule has 0 N–H and O–H groups in total. The first-order chi connectivity index (χ1) is 11.7. The van der Waals surface area contributed by atoms with Crippen LogP contribution in [0.2, 0.25) is 0 Å². The number of hydrogen-bond donors (Lipinski definition) is 0. The van der Waals surface area contributed by atoms with E-state index >= 15 is 0 Å². The largest absolute Gasteiger partial charge is 0.370 e. The van der Waals surface area contributed by atoms with Crippen molar-refractivity contribution in [3.63, 3.8) is 0 Å². The summed E-state index contributed by atoms with van der Waals surface area (Å²) in [4.78, 5) is 2.33. The summed E-state index contributed by atoms with van der Waals surface area (Å²) in [5.74, 6) is 0.349. The molecule has 4 rings (SSSR count). The molecule has 1 fully saturated rings. The van der Waals surface area contributed by atoms with Crippen LogP contribution in [0.4, 0.5) is 5.69 Å². The molecule has 1 atom stereocenters. The maximum Gasteiger partial charge on any atom is 0.200 e. The van der Waals surface area contributed by atoms with Crippen molar-refractivity contribution in [3.05, 3.63) is 54.0 Å². The average Bonchev–Trinajstić information content (AvgIpc) is 3.10. The maximum atomic E-state index is 5.99. The van der Waals surface area contributed by atoms with E-state index in [2.05, 4.69) is 64.4 Å². The fourth-order valence-corrected chi connectivity index (χ4v) is 3.08. The van der Waals surface area contributed by atoms with Crippen molar-refractivity contribution in [3.8, 4) is 0 Å². The van der Waals surface area contributed by atoms with E-state index in [4.69, 9.17) is 4.74 Å². The van der Waals surface area contributed by atoms with Crippen molar-refractivity contribution >= 4 is 11.3 Å². The third kappa shape index (κ3) is 2.73. The van der Waals surface area contributed by atoms with E-state index in [-0.39, 0.29) is 6.10 Å². The molecule has 124 valence electrons. The second-order valence-corrected chi connectivity index (χ2v) is 6.42. The summed E-state index contributed by atoms with van der Waals surface area (Å²) in [6.45, 7) is 6.63. The molecule has 6 heteroatoms. The van der Waals surface area contributed by atoms with Gasteiger partial charge in [0.05, 0.1) is 18.0 Å². The minimum Gasteiger partial charge on any atom is -0.370 e. The Morgan fingerprint density at radius 3 is 2.83 bits per heavy atom. The van der Waals surface area contributed by atoms with Crippen LogP contribution in [0.1, 0.15) is 37.1 Å². The van der Waals surface area contributed by atoms with Gasteiger partial charge in [-0.2, -0.15) is 9.61 Å². The third-order valence-electron chi connectivity index (χ3n) is 4.44. The monoisotopic (exact) mass is 323 g/mol. The van der Waals surface area contributed by atoms with Gasteiger partial charge < -0.3 is 9.64 Å². The zero-order valence-electron chi connectivity index (χ0n) is 14.0. The predicted molar refractivity (Wildman–Crippen MR) is 92.2 cm³/mol. The van der Waals surface area contributed by atoms with Gasteiger partial charge in [0, 0.05) is 13.1 Å². The second kappa shape index (κ2) is 6.20. The van der Waals surface area contributed by atoms with Crippen LogP contribution in [-0.4, -0.2) is 39.5 Å². The van der Waals surface area contributed by atoms with Crippen molar-refractivity contribution in [1.29, 1.82) is 0 Å². The Bertz CT molecular complexity index is 830. The van der Waals surface area contributed by atoms with Gasteiger partial charge in [-0.3, -0.25) is 0 Å². The first-order valence-corrected chi connectivity index (χ1v) is 8.35. The van der Waals surface area contributed by atoms with E-state index < -0.39 is 0 Å². The molecule has 1 aliphatic rings. The molecule has 0 bridgehead atoms. The fraction of sp³-hybridized carbons (Fsp3) is 0.389. The van der Waals surface area contributed by atoms with Gasteiger partial charge in [-0.05, 0) is 17.5 Å². The molecule has 1 unspecified atom stereocenters. The highest BCUT2D eigenvalue weighted by molar-refractivity contribution is 5.68. The quantitative estimate of drug-likeness (QED) is 0.742. The molecule has 24 heavy (non-hydrogen) atoms. The van der Waals surface area contributed by atoms with E-state index in [1.165, 1.54) is 5.56 Å². The van der Waals surface area contributed by atoms with Crippen molar-refractivity contribution in [2.75, 3.05) is 24.6 Å². The summed E-state index contributed by atoms with van der Waals surface area (Å²) in [5, 5.41) is 12.9. The lowest BCUT2D eigenvalue weighted by atomic mass is 10.1. The molecular weight excluding hydrogens is 302 g/mol. The molecular formula is C18H21N5O. The minimum atomic E-state index is 0.0681. The Labute approximate surface area is 141 Å². The van der Waals surface area contributed by atoms with Crippen molar-refractivity contribution in [2.24, 2.45) is 0 Å². The van der Waals surface area contributed by atoms with Gasteiger partial charge in [0.25, 0.3) is 0 Å². The zero-order valence-corrected chi connectivity index (χ0v) is 14.0. The number of aromatic nitrogens is 4. The Kier molecular flexibility index (Phi) is 3.90. The number of nitrogens with zero attached hydrogens (tertiary/aromatic N) is 5. The average molecular weight is 323 g/mol. The molecule has 3 aromatic rings. The molecule has 2 aromatic heterocycles. The Hall–Kier alpha value is -2.47. The highest BCUT2D eigenvalue weighted by Crippen LogP contribution is 2.29. The van der Waals surface area contributed by atoms with Crippen LogP contribution in [-0.2, 0) is 4.74 Å². The maximum absolute atomic E-state index is 5.99. The summed E-state index contributed by atoms with van der Waals surface area (Å²) in [7, 11) is 0. The molecule has 0 spiro atoms. The molecule has 1 aromatic carbocycles. The Morgan fingerprint density at radius 2 is 2.04 bits per heavy atom. The highest BCUT2D eigenvalue weighted by atomic mass is 16.5. The first kappa shape index (κ1) is 15.1. The number of ether oxygens (including phenoxy) is 1. The summed E-state index contributed by atoms with van der Waals surface area (Å²) < 4.78 is 7.76. The van der Waals surface area contributed by atoms with Gasteiger partial charge in [0.2, 0.25) is 5.65 Å². The van der Waals surface area contributed by atoms with Crippen molar-refractivity contribution < 1.29 is 4.74 Å². The molecule has 0 aliphatic carbocycles. The number of anilines is 1. The van der Waals surface area contributed by atoms with Crippen LogP contribution in [0.5, 0.6) is 0 Å². The lowest BCUT2D eigenvalue weighted by Gasteiger charge is -2.34. The van der Waals surface area contributed by atoms with Gasteiger partial charge in [0.15, 0.2) is 0 Å². The standard InChI is InChI=1S/C18H21N5O/c1-13(2)15-10-16(18-20-19-12-23(18)21-15)22-8-9-24-17(11-22)14-6-4-3-5-7-14/h3-7,10,12-13,17H,8-9,11H2,1-2H3. The van der Waals surface area contributed by atoms with E-state index in [1.807, 2.05) is 6.07 Å². The third-order valence-corrected chi connectivity index (χ3v) is 4.44. The fourth-order valence-electron chi connectivity index (χ4n) is 3.08. The van der Waals surface area contributed by atoms with Crippen LogP contribution in [0.25, 0.3) is 5.65 Å². The first-order valence-electron chi connectivity index (χ1n) is 8.35. The van der Waals surface area contributed by atoms with E-state index in [0.717, 1.165) is 30.1 Å². The van der Waals surface area contributed by atoms with Crippen LogP contribution in [0, 0.1) is 0 Å². The topological polar surface area (TPSA) is 55.5 Å². The summed E-state index contributed by atoms with van der Waals surface area (Å²) in [5.41, 5.74) is 4.13. The van der Waals surface area contributed by atoms with Crippen molar-refractivity contribution in [2.45, 2.75) is 25.9 Å². The van der Waals surface area contributed by atoms with Gasteiger partial charge >= 0.3 is 0 Å². The molecule has 1 aliphatic heterocycles. The van der Waals surface area contributed by atoms with Gasteiger partial charge in [-0.25, -0.2) is 0 Å². The molecule has 1 saturated heterocycles. The second-order valence-electron chi connectivity index (χ2n) is 6.42. The number of morpholine rings is 1. The minimum absolute atomic E-state index is 0.0681. The summed E-state index contributed by atoms with van der Waals surface area (Å²) >= 11 is 0. The van der Waals surface area contributed by atoms with Crippen LogP contribution in [0.3, 0.4) is 0 Å². The van der Waals surface area contributed by atoms with Crippen LogP contribution >= 0.6 is 0 Å². The van der Waals surface area contributed by atoms with Crippen molar-refractivity contribution in [1.82, 2.24) is 19.8 Å². The highest BCUT2D eigenvalue weighted by Gasteiger charge is 2.25. The zero-order chi connectivity index (χ0) is 16.5. The summed E-state index contributed by atoms with van der Waals surface area (Å²) in [6.07, 6.45) is 1.73. The lowest BCUT2D eigenvalue weighted by molar-refractivity contribution is 0.0398. The van der Waals surface area contributed by atoms with E-state index in [0.29, 0.717) is 12.5 Å². The van der Waals surface area contributed by atoms with Gasteiger partial charge in [0.1, 0.15) is 12.4 Å². The van der Waals surface area contributed by atoms with E-state index in [9.17, 15) is 0 Å². The normalized spacial score (nSPS) is 18.5. The smallest absolute Gasteiger partial charge is 0.200 e. The molecule has 0 amide bonds. The Balaban J connectivity index is 1.70. The molecule has 6 nitrogen and oxygen atoms in total.